The second-order valence-electron chi connectivity index (χ2n) is 4.82. The molecule has 0 aliphatic rings. The number of nitro benzene ring substituents is 1. The van der Waals surface area contributed by atoms with Gasteiger partial charge in [-0.3, -0.25) is 10.1 Å². The number of nitro groups is 1. The van der Waals surface area contributed by atoms with Gasteiger partial charge in [-0.1, -0.05) is 59.6 Å². The summed E-state index contributed by atoms with van der Waals surface area (Å²) in [6.45, 7) is 0. The van der Waals surface area contributed by atoms with E-state index in [2.05, 4.69) is 4.98 Å². The molecule has 0 amide bonds. The number of halogens is 2. The van der Waals surface area contributed by atoms with E-state index in [1.807, 2.05) is 6.07 Å². The molecule has 114 valence electrons. The van der Waals surface area contributed by atoms with Gasteiger partial charge in [0.25, 0.3) is 5.69 Å². The molecule has 0 aliphatic carbocycles. The predicted molar refractivity (Wildman–Crippen MR) is 93.8 cm³/mol. The number of aromatic nitrogens is 1. The second kappa shape index (κ2) is 6.36. The van der Waals surface area contributed by atoms with E-state index in [1.54, 1.807) is 48.6 Å². The number of nitrogens with zero attached hydrogens (tertiary/aromatic N) is 2. The zero-order valence-corrected chi connectivity index (χ0v) is 13.3. The van der Waals surface area contributed by atoms with Gasteiger partial charge in [-0.2, -0.15) is 0 Å². The van der Waals surface area contributed by atoms with Crippen molar-refractivity contribution in [1.82, 2.24) is 4.98 Å². The van der Waals surface area contributed by atoms with Gasteiger partial charge in [-0.05, 0) is 23.8 Å². The van der Waals surface area contributed by atoms with E-state index < -0.39 is 4.92 Å². The highest BCUT2D eigenvalue weighted by molar-refractivity contribution is 6.42. The van der Waals surface area contributed by atoms with Gasteiger partial charge in [-0.25, -0.2) is 4.98 Å². The highest BCUT2D eigenvalue weighted by Gasteiger charge is 2.12. The third-order valence-electron chi connectivity index (χ3n) is 3.33. The largest absolute Gasteiger partial charge is 0.295 e. The summed E-state index contributed by atoms with van der Waals surface area (Å²) in [6, 6.07) is 13.8. The molecule has 0 radical (unpaired) electrons. The third-order valence-corrected chi connectivity index (χ3v) is 4.17. The first-order valence-electron chi connectivity index (χ1n) is 6.72. The Morgan fingerprint density at radius 1 is 1.00 bits per heavy atom. The Kier molecular flexibility index (Phi) is 4.28. The lowest BCUT2D eigenvalue weighted by Crippen LogP contribution is -1.92. The lowest BCUT2D eigenvalue weighted by Gasteiger charge is -2.02. The van der Waals surface area contributed by atoms with Crippen molar-refractivity contribution < 1.29 is 4.92 Å². The van der Waals surface area contributed by atoms with E-state index in [-0.39, 0.29) is 5.69 Å². The molecule has 0 atom stereocenters. The van der Waals surface area contributed by atoms with Crippen LogP contribution in [0.15, 0.2) is 48.5 Å². The molecular weight excluding hydrogens is 335 g/mol. The Labute approximate surface area is 142 Å². The summed E-state index contributed by atoms with van der Waals surface area (Å²) in [5, 5.41) is 12.7. The van der Waals surface area contributed by atoms with Gasteiger partial charge in [0.15, 0.2) is 0 Å². The highest BCUT2D eigenvalue weighted by atomic mass is 35.5. The number of pyridine rings is 1. The summed E-state index contributed by atoms with van der Waals surface area (Å²) >= 11 is 12.1. The van der Waals surface area contributed by atoms with Crippen LogP contribution in [0.25, 0.3) is 23.1 Å². The Bertz CT molecular complexity index is 939. The molecule has 0 N–H and O–H groups in total. The van der Waals surface area contributed by atoms with Crippen molar-refractivity contribution in [2.75, 3.05) is 0 Å². The molecule has 0 bridgehead atoms. The Morgan fingerprint density at radius 3 is 2.57 bits per heavy atom. The highest BCUT2D eigenvalue weighted by Crippen LogP contribution is 2.27. The fraction of sp³-hybridized carbons (Fsp3) is 0. The normalized spacial score (nSPS) is 11.2. The lowest BCUT2D eigenvalue weighted by atomic mass is 10.1. The topological polar surface area (TPSA) is 56.0 Å². The van der Waals surface area contributed by atoms with E-state index >= 15 is 0 Å². The van der Waals surface area contributed by atoms with Crippen LogP contribution in [0.3, 0.4) is 0 Å². The molecule has 3 aromatic rings. The molecule has 0 saturated heterocycles. The maximum absolute atomic E-state index is 11.1. The first-order chi connectivity index (χ1) is 11.1. The van der Waals surface area contributed by atoms with Crippen molar-refractivity contribution in [3.05, 3.63) is 79.9 Å². The lowest BCUT2D eigenvalue weighted by molar-refractivity contribution is -0.383. The van der Waals surface area contributed by atoms with Crippen LogP contribution in [0.5, 0.6) is 0 Å². The number of hydrogen-bond donors (Lipinski definition) is 0. The molecule has 4 nitrogen and oxygen atoms in total. The second-order valence-corrected chi connectivity index (χ2v) is 5.60. The minimum Gasteiger partial charge on any atom is -0.258 e. The molecular formula is C17H10Cl2N2O2. The van der Waals surface area contributed by atoms with Gasteiger partial charge in [0, 0.05) is 11.5 Å². The number of rotatable bonds is 3. The van der Waals surface area contributed by atoms with Crippen LogP contribution in [-0.2, 0) is 0 Å². The van der Waals surface area contributed by atoms with Crippen molar-refractivity contribution in [2.45, 2.75) is 0 Å². The van der Waals surface area contributed by atoms with Crippen LogP contribution < -0.4 is 0 Å². The predicted octanol–water partition coefficient (Wildman–Crippen LogP) is 5.62. The summed E-state index contributed by atoms with van der Waals surface area (Å²) in [4.78, 5) is 15.0. The van der Waals surface area contributed by atoms with Crippen molar-refractivity contribution in [3.63, 3.8) is 0 Å². The van der Waals surface area contributed by atoms with Crippen LogP contribution in [0.4, 0.5) is 5.69 Å². The maximum atomic E-state index is 11.1. The summed E-state index contributed by atoms with van der Waals surface area (Å²) in [6.07, 6.45) is 3.52. The minimum atomic E-state index is -0.434. The van der Waals surface area contributed by atoms with Crippen LogP contribution in [0.2, 0.25) is 10.0 Å². The Hall–Kier alpha value is -2.43. The molecule has 0 unspecified atom stereocenters. The summed E-state index contributed by atoms with van der Waals surface area (Å²) < 4.78 is 0. The van der Waals surface area contributed by atoms with Gasteiger partial charge < -0.3 is 0 Å². The molecule has 3 rings (SSSR count). The standard InChI is InChI=1S/C17H10Cl2N2O2/c18-14-5-1-3-11(16(14)19)7-9-13-10-8-12-4-2-6-15(21(22)23)17(12)20-13/h1-10H/b9-7+. The summed E-state index contributed by atoms with van der Waals surface area (Å²) in [5.41, 5.74) is 1.70. The molecule has 23 heavy (non-hydrogen) atoms. The van der Waals surface area contributed by atoms with Crippen molar-refractivity contribution in [2.24, 2.45) is 0 Å². The molecule has 0 saturated carbocycles. The van der Waals surface area contributed by atoms with E-state index in [4.69, 9.17) is 23.2 Å². The molecule has 0 spiro atoms. The molecule has 0 fully saturated rings. The Morgan fingerprint density at radius 2 is 1.78 bits per heavy atom. The van der Waals surface area contributed by atoms with Gasteiger partial charge in [0.05, 0.1) is 20.7 Å². The first-order valence-corrected chi connectivity index (χ1v) is 7.48. The molecule has 1 heterocycles. The van der Waals surface area contributed by atoms with E-state index in [0.717, 1.165) is 10.9 Å². The monoisotopic (exact) mass is 344 g/mol. The van der Waals surface area contributed by atoms with Crippen LogP contribution >= 0.6 is 23.2 Å². The van der Waals surface area contributed by atoms with Gasteiger partial charge in [0.2, 0.25) is 0 Å². The molecule has 6 heteroatoms. The number of fused-ring (bicyclic) bond motifs is 1. The van der Waals surface area contributed by atoms with E-state index in [0.29, 0.717) is 21.3 Å². The SMILES string of the molecule is O=[N+]([O-])c1cccc2ccc(/C=C/c3cccc(Cl)c3Cl)nc12. The molecule has 0 aliphatic heterocycles. The van der Waals surface area contributed by atoms with Crippen molar-refractivity contribution in [3.8, 4) is 0 Å². The summed E-state index contributed by atoms with van der Waals surface area (Å²) in [5.74, 6) is 0. The number of benzene rings is 2. The van der Waals surface area contributed by atoms with Gasteiger partial charge in [0.1, 0.15) is 5.52 Å². The van der Waals surface area contributed by atoms with Gasteiger partial charge >= 0.3 is 0 Å². The fourth-order valence-electron chi connectivity index (χ4n) is 2.21. The maximum Gasteiger partial charge on any atom is 0.295 e. The summed E-state index contributed by atoms with van der Waals surface area (Å²) in [7, 11) is 0. The van der Waals surface area contributed by atoms with Crippen LogP contribution in [0.1, 0.15) is 11.3 Å². The van der Waals surface area contributed by atoms with Crippen molar-refractivity contribution >= 4 is 51.9 Å². The average Bonchev–Trinajstić information content (AvgIpc) is 2.55. The van der Waals surface area contributed by atoms with E-state index in [1.165, 1.54) is 6.07 Å². The Balaban J connectivity index is 2.04. The number of hydrogen-bond acceptors (Lipinski definition) is 3. The quantitative estimate of drug-likeness (QED) is 0.457. The average molecular weight is 345 g/mol. The fourth-order valence-corrected chi connectivity index (χ4v) is 2.58. The smallest absolute Gasteiger partial charge is 0.258 e. The van der Waals surface area contributed by atoms with Gasteiger partial charge in [-0.15, -0.1) is 0 Å². The number of para-hydroxylation sites is 1. The molecule has 2 aromatic carbocycles. The van der Waals surface area contributed by atoms with Crippen LogP contribution in [-0.4, -0.2) is 9.91 Å². The van der Waals surface area contributed by atoms with Crippen molar-refractivity contribution in [1.29, 1.82) is 0 Å². The van der Waals surface area contributed by atoms with Crippen LogP contribution in [0, 0.1) is 10.1 Å². The zero-order valence-electron chi connectivity index (χ0n) is 11.7. The number of non-ortho nitro benzene ring substituents is 1. The molecule has 1 aromatic heterocycles. The first kappa shape index (κ1) is 15.5. The minimum absolute atomic E-state index is 0.0152. The zero-order chi connectivity index (χ0) is 16.4. The third kappa shape index (κ3) is 3.18. The van der Waals surface area contributed by atoms with E-state index in [9.17, 15) is 10.1 Å².